The highest BCUT2D eigenvalue weighted by atomic mass is 35.5. The van der Waals surface area contributed by atoms with Crippen LogP contribution in [0.1, 0.15) is 64.2 Å². The van der Waals surface area contributed by atoms with Crippen LogP contribution in [0.4, 0.5) is 8.78 Å². The molecule has 1 atom stereocenters. The molecule has 1 aromatic rings. The van der Waals surface area contributed by atoms with E-state index in [1.165, 1.54) is 0 Å². The molecule has 34 heavy (non-hydrogen) atoms. The van der Waals surface area contributed by atoms with Gasteiger partial charge in [0.05, 0.1) is 6.61 Å². The Labute approximate surface area is 205 Å². The van der Waals surface area contributed by atoms with E-state index >= 15 is 0 Å². The Morgan fingerprint density at radius 1 is 1.00 bits per heavy atom. The predicted octanol–water partition coefficient (Wildman–Crippen LogP) is 5.56. The number of hydrogen-bond donors (Lipinski definition) is 0. The van der Waals surface area contributed by atoms with Crippen LogP contribution >= 0.6 is 11.6 Å². The second kappa shape index (κ2) is 10.8. The Morgan fingerprint density at radius 2 is 1.71 bits per heavy atom. The number of hydrogen-bond acceptors (Lipinski definition) is 3. The van der Waals surface area contributed by atoms with Gasteiger partial charge >= 0.3 is 0 Å². The van der Waals surface area contributed by atoms with Gasteiger partial charge in [0.15, 0.2) is 0 Å². The maximum Gasteiger partial charge on any atom is 0.248 e. The van der Waals surface area contributed by atoms with Crippen molar-refractivity contribution in [2.45, 2.75) is 70.1 Å². The summed E-state index contributed by atoms with van der Waals surface area (Å²) in [6.45, 7) is 2.88. The predicted molar refractivity (Wildman–Crippen MR) is 127 cm³/mol. The van der Waals surface area contributed by atoms with E-state index in [1.807, 2.05) is 21.9 Å². The van der Waals surface area contributed by atoms with Gasteiger partial charge in [-0.25, -0.2) is 8.78 Å². The second-order valence-electron chi connectivity index (χ2n) is 10.4. The SMILES string of the molecule is O=C(CC1(COc2cccc(Cl)c2)CCCN(C(=O)C2CCC(F)(F)CC2)C1)N1CCCCC1. The van der Waals surface area contributed by atoms with E-state index in [0.717, 1.165) is 45.2 Å². The zero-order valence-electron chi connectivity index (χ0n) is 19.7. The lowest BCUT2D eigenvalue weighted by atomic mass is 9.76. The number of likely N-dealkylation sites (tertiary alicyclic amines) is 2. The van der Waals surface area contributed by atoms with Gasteiger partial charge in [-0.2, -0.15) is 0 Å². The molecule has 0 bridgehead atoms. The highest BCUT2D eigenvalue weighted by Gasteiger charge is 2.44. The van der Waals surface area contributed by atoms with Gasteiger partial charge < -0.3 is 14.5 Å². The summed E-state index contributed by atoms with van der Waals surface area (Å²) in [5, 5.41) is 0.575. The van der Waals surface area contributed by atoms with Gasteiger partial charge in [-0.3, -0.25) is 9.59 Å². The van der Waals surface area contributed by atoms with Crippen LogP contribution in [0.15, 0.2) is 24.3 Å². The first-order valence-electron chi connectivity index (χ1n) is 12.6. The van der Waals surface area contributed by atoms with Crippen molar-refractivity contribution in [1.82, 2.24) is 9.80 Å². The van der Waals surface area contributed by atoms with E-state index in [1.54, 1.807) is 12.1 Å². The molecular weight excluding hydrogens is 462 g/mol. The number of benzene rings is 1. The minimum absolute atomic E-state index is 0.0484. The van der Waals surface area contributed by atoms with Crippen LogP contribution in [0.3, 0.4) is 0 Å². The number of alkyl halides is 2. The molecule has 2 aliphatic heterocycles. The molecule has 1 saturated carbocycles. The van der Waals surface area contributed by atoms with Crippen molar-refractivity contribution in [3.05, 3.63) is 29.3 Å². The molecule has 188 valence electrons. The highest BCUT2D eigenvalue weighted by molar-refractivity contribution is 6.30. The third kappa shape index (κ3) is 6.41. The summed E-state index contributed by atoms with van der Waals surface area (Å²) in [5.74, 6) is -2.32. The van der Waals surface area contributed by atoms with Crippen molar-refractivity contribution in [3.8, 4) is 5.75 Å². The number of halogens is 3. The van der Waals surface area contributed by atoms with Crippen molar-refractivity contribution in [1.29, 1.82) is 0 Å². The van der Waals surface area contributed by atoms with Crippen LogP contribution in [-0.2, 0) is 9.59 Å². The Morgan fingerprint density at radius 3 is 2.41 bits per heavy atom. The van der Waals surface area contributed by atoms with E-state index in [2.05, 4.69) is 0 Å². The fourth-order valence-corrected chi connectivity index (χ4v) is 5.80. The molecule has 0 N–H and O–H groups in total. The molecule has 2 heterocycles. The molecular formula is C26H35ClF2N2O3. The summed E-state index contributed by atoms with van der Waals surface area (Å²) in [6.07, 6.45) is 5.04. The first-order chi connectivity index (χ1) is 16.3. The molecule has 8 heteroatoms. The first kappa shape index (κ1) is 25.2. The summed E-state index contributed by atoms with van der Waals surface area (Å²) in [4.78, 5) is 30.3. The van der Waals surface area contributed by atoms with Crippen molar-refractivity contribution in [3.63, 3.8) is 0 Å². The number of amides is 2. The molecule has 2 amide bonds. The molecule has 0 radical (unpaired) electrons. The third-order valence-corrected chi connectivity index (χ3v) is 7.85. The number of piperidine rings is 2. The lowest BCUT2D eigenvalue weighted by Gasteiger charge is -2.44. The van der Waals surface area contributed by atoms with E-state index in [4.69, 9.17) is 16.3 Å². The first-order valence-corrected chi connectivity index (χ1v) is 13.0. The number of nitrogens with zero attached hydrogens (tertiary/aromatic N) is 2. The Balaban J connectivity index is 1.47. The maximum atomic E-state index is 13.6. The second-order valence-corrected chi connectivity index (χ2v) is 10.8. The molecule has 0 aromatic heterocycles. The molecule has 1 aromatic carbocycles. The molecule has 3 fully saturated rings. The van der Waals surface area contributed by atoms with Crippen molar-refractivity contribution in [2.24, 2.45) is 11.3 Å². The van der Waals surface area contributed by atoms with Gasteiger partial charge in [0.25, 0.3) is 0 Å². The van der Waals surface area contributed by atoms with Crippen LogP contribution in [0.2, 0.25) is 5.02 Å². The fraction of sp³-hybridized carbons (Fsp3) is 0.692. The summed E-state index contributed by atoms with van der Waals surface area (Å²) >= 11 is 6.11. The summed E-state index contributed by atoms with van der Waals surface area (Å²) in [5.41, 5.74) is -0.511. The molecule has 1 aliphatic carbocycles. The van der Waals surface area contributed by atoms with Gasteiger partial charge in [0, 0.05) is 61.8 Å². The minimum Gasteiger partial charge on any atom is -0.493 e. The lowest BCUT2D eigenvalue weighted by Crippen LogP contribution is -2.53. The smallest absolute Gasteiger partial charge is 0.248 e. The number of ether oxygens (including phenoxy) is 1. The summed E-state index contributed by atoms with van der Waals surface area (Å²) in [6, 6.07) is 7.17. The van der Waals surface area contributed by atoms with Crippen LogP contribution in [-0.4, -0.2) is 60.3 Å². The van der Waals surface area contributed by atoms with Gasteiger partial charge in [-0.05, 0) is 63.1 Å². The van der Waals surface area contributed by atoms with Gasteiger partial charge in [-0.1, -0.05) is 17.7 Å². The minimum atomic E-state index is -2.66. The Bertz CT molecular complexity index is 867. The van der Waals surface area contributed by atoms with E-state index < -0.39 is 11.3 Å². The Hall–Kier alpha value is -1.89. The monoisotopic (exact) mass is 496 g/mol. The largest absolute Gasteiger partial charge is 0.493 e. The number of carbonyl (C=O) groups is 2. The van der Waals surface area contributed by atoms with Crippen LogP contribution < -0.4 is 4.74 Å². The van der Waals surface area contributed by atoms with Crippen molar-refractivity contribution in [2.75, 3.05) is 32.8 Å². The van der Waals surface area contributed by atoms with Gasteiger partial charge in [0.2, 0.25) is 17.7 Å². The summed E-state index contributed by atoms with van der Waals surface area (Å²) < 4.78 is 33.4. The normalized spacial score (nSPS) is 25.7. The highest BCUT2D eigenvalue weighted by Crippen LogP contribution is 2.40. The molecule has 0 spiro atoms. The molecule has 1 unspecified atom stereocenters. The van der Waals surface area contributed by atoms with Gasteiger partial charge in [0.1, 0.15) is 5.75 Å². The average Bonchev–Trinajstić information content (AvgIpc) is 2.83. The van der Waals surface area contributed by atoms with E-state index in [-0.39, 0.29) is 43.4 Å². The molecule has 4 rings (SSSR count). The van der Waals surface area contributed by atoms with Gasteiger partial charge in [-0.15, -0.1) is 0 Å². The zero-order valence-corrected chi connectivity index (χ0v) is 20.5. The lowest BCUT2D eigenvalue weighted by molar-refractivity contribution is -0.147. The summed E-state index contributed by atoms with van der Waals surface area (Å²) in [7, 11) is 0. The fourth-order valence-electron chi connectivity index (χ4n) is 5.62. The van der Waals surface area contributed by atoms with Crippen LogP contribution in [0, 0.1) is 11.3 Å². The Kier molecular flexibility index (Phi) is 8.01. The topological polar surface area (TPSA) is 49.9 Å². The quantitative estimate of drug-likeness (QED) is 0.518. The molecule has 5 nitrogen and oxygen atoms in total. The molecule has 3 aliphatic rings. The maximum absolute atomic E-state index is 13.6. The van der Waals surface area contributed by atoms with E-state index in [0.29, 0.717) is 36.9 Å². The zero-order chi connectivity index (χ0) is 24.2. The standard InChI is InChI=1S/C26H35ClF2N2O3/c27-21-6-4-7-22(16-21)34-19-25(17-23(32)30-13-2-1-3-14-30)10-5-15-31(18-25)24(33)20-8-11-26(28,29)12-9-20/h4,6-7,16,20H,1-3,5,8-15,17-19H2. The molecule has 2 saturated heterocycles. The van der Waals surface area contributed by atoms with Crippen LogP contribution in [0.25, 0.3) is 0 Å². The van der Waals surface area contributed by atoms with Crippen molar-refractivity contribution < 1.29 is 23.1 Å². The number of rotatable bonds is 6. The number of carbonyl (C=O) groups excluding carboxylic acids is 2. The third-order valence-electron chi connectivity index (χ3n) is 7.62. The van der Waals surface area contributed by atoms with Crippen LogP contribution in [0.5, 0.6) is 5.75 Å². The average molecular weight is 497 g/mol. The van der Waals surface area contributed by atoms with E-state index in [9.17, 15) is 18.4 Å². The van der Waals surface area contributed by atoms with Crippen molar-refractivity contribution >= 4 is 23.4 Å².